The average Bonchev–Trinajstić information content (AvgIpc) is 2.55. The minimum Gasteiger partial charge on any atom is -0.325 e. The van der Waals surface area contributed by atoms with Gasteiger partial charge in [-0.1, -0.05) is 29.8 Å². The standard InChI is InChI=1S/C17H13ClN2O3/c1-20-16(22)13-5-3-2-4-12(13)14(17(20)23)15(21)19-11-8-6-10(18)7-9-11/h2-9,14H,1H3,(H,19,21). The fourth-order valence-electron chi connectivity index (χ4n) is 2.55. The Balaban J connectivity index is 1.96. The fourth-order valence-corrected chi connectivity index (χ4v) is 2.68. The van der Waals surface area contributed by atoms with Crippen molar-refractivity contribution in [3.63, 3.8) is 0 Å². The molecule has 23 heavy (non-hydrogen) atoms. The Morgan fingerprint density at radius 3 is 2.43 bits per heavy atom. The molecular formula is C17H13ClN2O3. The smallest absolute Gasteiger partial charge is 0.260 e. The zero-order valence-electron chi connectivity index (χ0n) is 12.2. The summed E-state index contributed by atoms with van der Waals surface area (Å²) in [6.07, 6.45) is 0. The summed E-state index contributed by atoms with van der Waals surface area (Å²) in [4.78, 5) is 38.1. The van der Waals surface area contributed by atoms with Gasteiger partial charge in [0.15, 0.2) is 0 Å². The van der Waals surface area contributed by atoms with Gasteiger partial charge in [0.25, 0.3) is 5.91 Å². The number of fused-ring (bicyclic) bond motifs is 1. The van der Waals surface area contributed by atoms with Crippen LogP contribution in [0.4, 0.5) is 5.69 Å². The molecular weight excluding hydrogens is 316 g/mol. The van der Waals surface area contributed by atoms with Gasteiger partial charge in [0.2, 0.25) is 11.8 Å². The van der Waals surface area contributed by atoms with Crippen LogP contribution >= 0.6 is 11.6 Å². The van der Waals surface area contributed by atoms with Gasteiger partial charge in [-0.15, -0.1) is 0 Å². The highest BCUT2D eigenvalue weighted by Gasteiger charge is 2.40. The summed E-state index contributed by atoms with van der Waals surface area (Å²) in [7, 11) is 1.38. The number of amides is 3. The van der Waals surface area contributed by atoms with E-state index in [0.29, 0.717) is 21.8 Å². The summed E-state index contributed by atoms with van der Waals surface area (Å²) in [5.74, 6) is -2.48. The summed E-state index contributed by atoms with van der Waals surface area (Å²) in [5.41, 5.74) is 1.32. The zero-order valence-corrected chi connectivity index (χ0v) is 13.0. The Labute approximate surface area is 137 Å². The molecule has 0 bridgehead atoms. The van der Waals surface area contributed by atoms with Crippen LogP contribution in [-0.2, 0) is 9.59 Å². The molecule has 0 fully saturated rings. The topological polar surface area (TPSA) is 66.5 Å². The highest BCUT2D eigenvalue weighted by molar-refractivity contribution is 6.30. The van der Waals surface area contributed by atoms with Gasteiger partial charge >= 0.3 is 0 Å². The van der Waals surface area contributed by atoms with Crippen molar-refractivity contribution in [2.75, 3.05) is 12.4 Å². The van der Waals surface area contributed by atoms with Crippen LogP contribution in [0.5, 0.6) is 0 Å². The van der Waals surface area contributed by atoms with Gasteiger partial charge in [0, 0.05) is 23.3 Å². The van der Waals surface area contributed by atoms with E-state index in [4.69, 9.17) is 11.6 Å². The lowest BCUT2D eigenvalue weighted by atomic mass is 9.88. The first-order valence-corrected chi connectivity index (χ1v) is 7.34. The SMILES string of the molecule is CN1C(=O)c2ccccc2C(C(=O)Nc2ccc(Cl)cc2)C1=O. The Hall–Kier alpha value is -2.66. The second kappa shape index (κ2) is 5.85. The van der Waals surface area contributed by atoms with Crippen molar-refractivity contribution in [3.8, 4) is 0 Å². The molecule has 3 rings (SSSR count). The van der Waals surface area contributed by atoms with Crippen molar-refractivity contribution < 1.29 is 14.4 Å². The predicted octanol–water partition coefficient (Wildman–Crippen LogP) is 2.67. The van der Waals surface area contributed by atoms with Crippen LogP contribution in [0.25, 0.3) is 0 Å². The van der Waals surface area contributed by atoms with E-state index in [-0.39, 0.29) is 0 Å². The van der Waals surface area contributed by atoms with Crippen LogP contribution in [0.1, 0.15) is 21.8 Å². The third kappa shape index (κ3) is 2.71. The Kier molecular flexibility index (Phi) is 3.88. The van der Waals surface area contributed by atoms with Gasteiger partial charge in [-0.25, -0.2) is 0 Å². The molecule has 2 aromatic carbocycles. The highest BCUT2D eigenvalue weighted by atomic mass is 35.5. The van der Waals surface area contributed by atoms with Gasteiger partial charge in [0.1, 0.15) is 5.92 Å². The lowest BCUT2D eigenvalue weighted by Gasteiger charge is -2.29. The largest absolute Gasteiger partial charge is 0.325 e. The van der Waals surface area contributed by atoms with Crippen molar-refractivity contribution in [3.05, 3.63) is 64.7 Å². The van der Waals surface area contributed by atoms with Crippen molar-refractivity contribution in [2.45, 2.75) is 5.92 Å². The molecule has 0 radical (unpaired) electrons. The Bertz CT molecular complexity index is 802. The zero-order chi connectivity index (χ0) is 16.6. The first-order valence-electron chi connectivity index (χ1n) is 6.96. The van der Waals surface area contributed by atoms with E-state index in [2.05, 4.69) is 5.32 Å². The minimum atomic E-state index is -1.05. The van der Waals surface area contributed by atoms with Crippen molar-refractivity contribution in [2.24, 2.45) is 0 Å². The summed E-state index contributed by atoms with van der Waals surface area (Å²) in [6, 6.07) is 13.2. The molecule has 1 heterocycles. The molecule has 0 aliphatic carbocycles. The predicted molar refractivity (Wildman–Crippen MR) is 86.4 cm³/mol. The van der Waals surface area contributed by atoms with E-state index in [9.17, 15) is 14.4 Å². The number of hydrogen-bond donors (Lipinski definition) is 1. The summed E-state index contributed by atoms with van der Waals surface area (Å²) in [6.45, 7) is 0. The molecule has 0 aromatic heterocycles. The van der Waals surface area contributed by atoms with Crippen molar-refractivity contribution in [1.29, 1.82) is 0 Å². The van der Waals surface area contributed by atoms with Gasteiger partial charge < -0.3 is 5.32 Å². The van der Waals surface area contributed by atoms with Crippen LogP contribution in [-0.4, -0.2) is 29.7 Å². The van der Waals surface area contributed by atoms with Crippen LogP contribution in [0, 0.1) is 0 Å². The molecule has 3 amide bonds. The number of rotatable bonds is 2. The summed E-state index contributed by atoms with van der Waals surface area (Å²) >= 11 is 5.81. The monoisotopic (exact) mass is 328 g/mol. The number of likely N-dealkylation sites (N-methyl/N-ethyl adjacent to an activating group) is 1. The first-order chi connectivity index (χ1) is 11.0. The number of imide groups is 1. The van der Waals surface area contributed by atoms with E-state index in [1.54, 1.807) is 48.5 Å². The van der Waals surface area contributed by atoms with Gasteiger partial charge in [-0.3, -0.25) is 19.3 Å². The van der Waals surface area contributed by atoms with Crippen LogP contribution < -0.4 is 5.32 Å². The van der Waals surface area contributed by atoms with Gasteiger partial charge in [-0.05, 0) is 35.9 Å². The first kappa shape index (κ1) is 15.2. The van der Waals surface area contributed by atoms with E-state index >= 15 is 0 Å². The number of halogens is 1. The molecule has 1 unspecified atom stereocenters. The van der Waals surface area contributed by atoms with Crippen molar-refractivity contribution in [1.82, 2.24) is 4.90 Å². The number of carbonyl (C=O) groups is 3. The van der Waals surface area contributed by atoms with Crippen LogP contribution in [0.15, 0.2) is 48.5 Å². The van der Waals surface area contributed by atoms with Gasteiger partial charge in [-0.2, -0.15) is 0 Å². The lowest BCUT2D eigenvalue weighted by molar-refractivity contribution is -0.134. The van der Waals surface area contributed by atoms with Gasteiger partial charge in [0.05, 0.1) is 0 Å². The second-order valence-electron chi connectivity index (χ2n) is 5.22. The maximum absolute atomic E-state index is 12.6. The third-order valence-corrected chi connectivity index (χ3v) is 4.01. The summed E-state index contributed by atoms with van der Waals surface area (Å²) in [5, 5.41) is 3.24. The molecule has 0 saturated heterocycles. The highest BCUT2D eigenvalue weighted by Crippen LogP contribution is 2.29. The molecule has 1 aliphatic heterocycles. The second-order valence-corrected chi connectivity index (χ2v) is 5.66. The third-order valence-electron chi connectivity index (χ3n) is 3.76. The molecule has 6 heteroatoms. The molecule has 5 nitrogen and oxygen atoms in total. The van der Waals surface area contributed by atoms with E-state index in [1.165, 1.54) is 7.05 Å². The normalized spacial score (nSPS) is 17.0. The van der Waals surface area contributed by atoms with E-state index in [1.807, 2.05) is 0 Å². The maximum atomic E-state index is 12.6. The molecule has 116 valence electrons. The number of nitrogens with zero attached hydrogens (tertiary/aromatic N) is 1. The Morgan fingerprint density at radius 2 is 1.74 bits per heavy atom. The number of benzene rings is 2. The Morgan fingerprint density at radius 1 is 1.09 bits per heavy atom. The van der Waals surface area contributed by atoms with Crippen molar-refractivity contribution >= 4 is 35.0 Å². The minimum absolute atomic E-state index is 0.367. The van der Waals surface area contributed by atoms with E-state index in [0.717, 1.165) is 4.90 Å². The molecule has 1 atom stereocenters. The quantitative estimate of drug-likeness (QED) is 0.681. The molecule has 0 spiro atoms. The molecule has 0 saturated carbocycles. The fraction of sp³-hybridized carbons (Fsp3) is 0.118. The van der Waals surface area contributed by atoms with Crippen LogP contribution in [0.3, 0.4) is 0 Å². The number of hydrogen-bond acceptors (Lipinski definition) is 3. The number of nitrogens with one attached hydrogen (secondary N) is 1. The van der Waals surface area contributed by atoms with E-state index < -0.39 is 23.6 Å². The van der Waals surface area contributed by atoms with Crippen LogP contribution in [0.2, 0.25) is 5.02 Å². The molecule has 1 N–H and O–H groups in total. The lowest BCUT2D eigenvalue weighted by Crippen LogP contribution is -2.46. The number of anilines is 1. The maximum Gasteiger partial charge on any atom is 0.260 e. The number of carbonyl (C=O) groups excluding carboxylic acids is 3. The average molecular weight is 329 g/mol. The molecule has 1 aliphatic rings. The summed E-state index contributed by atoms with van der Waals surface area (Å²) < 4.78 is 0. The molecule has 2 aromatic rings.